The third kappa shape index (κ3) is 3.02. The van der Waals surface area contributed by atoms with E-state index in [9.17, 15) is 14.4 Å². The van der Waals surface area contributed by atoms with Crippen LogP contribution in [-0.2, 0) is 19.1 Å². The van der Waals surface area contributed by atoms with Gasteiger partial charge < -0.3 is 9.64 Å². The molecule has 5 atom stereocenters. The van der Waals surface area contributed by atoms with Crippen LogP contribution >= 0.6 is 11.6 Å². The lowest BCUT2D eigenvalue weighted by atomic mass is 9.64. The number of allylic oxidation sites excluding steroid dienone is 2. The molecular formula is C23H24ClNO4. The molecule has 6 heteroatoms. The van der Waals surface area contributed by atoms with Crippen molar-refractivity contribution in [1.29, 1.82) is 0 Å². The molecule has 29 heavy (non-hydrogen) atoms. The summed E-state index contributed by atoms with van der Waals surface area (Å²) in [5.41, 5.74) is 1.04. The molecule has 3 fully saturated rings. The quantitative estimate of drug-likeness (QED) is 0.324. The predicted molar refractivity (Wildman–Crippen MR) is 107 cm³/mol. The molecule has 5 nitrogen and oxygen atoms in total. The van der Waals surface area contributed by atoms with Crippen molar-refractivity contribution in [3.63, 3.8) is 0 Å². The highest BCUT2D eigenvalue weighted by Gasteiger charge is 2.60. The molecule has 1 aromatic rings. The van der Waals surface area contributed by atoms with E-state index < -0.39 is 23.8 Å². The van der Waals surface area contributed by atoms with Crippen molar-refractivity contribution in [3.8, 4) is 0 Å². The topological polar surface area (TPSA) is 63.7 Å². The number of halogens is 1. The van der Waals surface area contributed by atoms with E-state index in [0.717, 1.165) is 31.2 Å². The summed E-state index contributed by atoms with van der Waals surface area (Å²) in [5.74, 6) is -2.49. The first-order valence-corrected chi connectivity index (χ1v) is 10.9. The van der Waals surface area contributed by atoms with Gasteiger partial charge in [-0.15, -0.1) is 0 Å². The number of amides is 1. The maximum absolute atomic E-state index is 13.4. The van der Waals surface area contributed by atoms with Crippen molar-refractivity contribution in [1.82, 2.24) is 4.90 Å². The van der Waals surface area contributed by atoms with Crippen LogP contribution in [0.1, 0.15) is 50.1 Å². The number of ether oxygens (including phenoxy) is 1. The second-order valence-electron chi connectivity index (χ2n) is 8.67. The summed E-state index contributed by atoms with van der Waals surface area (Å²) in [7, 11) is 0. The van der Waals surface area contributed by atoms with Crippen LogP contribution in [0.3, 0.4) is 0 Å². The van der Waals surface area contributed by atoms with Crippen LogP contribution in [0.15, 0.2) is 36.4 Å². The molecule has 2 aliphatic carbocycles. The van der Waals surface area contributed by atoms with Crippen molar-refractivity contribution in [3.05, 3.63) is 47.0 Å². The number of nitrogens with zero attached hydrogens (tertiary/aromatic N) is 1. The van der Waals surface area contributed by atoms with Crippen LogP contribution in [0.25, 0.3) is 0 Å². The zero-order valence-corrected chi connectivity index (χ0v) is 16.9. The Morgan fingerprint density at radius 2 is 1.66 bits per heavy atom. The largest absolute Gasteiger partial charge is 0.393 e. The Labute approximate surface area is 175 Å². The number of fused-ring (bicyclic) bond motifs is 1. The van der Waals surface area contributed by atoms with E-state index >= 15 is 0 Å². The van der Waals surface area contributed by atoms with Crippen molar-refractivity contribution in [2.45, 2.75) is 50.6 Å². The minimum atomic E-state index is -0.551. The lowest BCUT2D eigenvalue weighted by Crippen LogP contribution is -2.62. The summed E-state index contributed by atoms with van der Waals surface area (Å²) in [4.78, 5) is 40.0. The van der Waals surface area contributed by atoms with E-state index in [1.165, 1.54) is 6.42 Å². The van der Waals surface area contributed by atoms with E-state index in [1.54, 1.807) is 0 Å². The van der Waals surface area contributed by atoms with Gasteiger partial charge in [0.15, 0.2) is 0 Å². The zero-order chi connectivity index (χ0) is 20.1. The van der Waals surface area contributed by atoms with Gasteiger partial charge in [-0.25, -0.2) is 0 Å². The molecule has 1 amide bonds. The Kier molecular flexibility index (Phi) is 4.73. The average molecular weight is 414 g/mol. The molecule has 152 valence electrons. The molecule has 2 aliphatic heterocycles. The average Bonchev–Trinajstić information content (AvgIpc) is 3.02. The molecule has 0 aromatic heterocycles. The van der Waals surface area contributed by atoms with Gasteiger partial charge in [0, 0.05) is 17.0 Å². The van der Waals surface area contributed by atoms with Gasteiger partial charge in [-0.1, -0.05) is 55.1 Å². The molecule has 1 saturated carbocycles. The lowest BCUT2D eigenvalue weighted by molar-refractivity contribution is -0.169. The lowest BCUT2D eigenvalue weighted by Gasteiger charge is -2.55. The molecule has 0 unspecified atom stereocenters. The molecule has 0 spiro atoms. The fraction of sp³-hybridized carbons (Fsp3) is 0.522. The molecule has 4 aliphatic rings. The van der Waals surface area contributed by atoms with Gasteiger partial charge in [0.05, 0.1) is 23.8 Å². The number of hydrogen-bond donors (Lipinski definition) is 0. The number of β-lactam (4-membered cyclic amide) rings is 1. The third-order valence-electron chi connectivity index (χ3n) is 7.15. The molecule has 0 N–H and O–H groups in total. The number of carbonyl (C=O) groups is 3. The molecule has 0 bridgehead atoms. The first-order chi connectivity index (χ1) is 14.1. The minimum Gasteiger partial charge on any atom is -0.393 e. The summed E-state index contributed by atoms with van der Waals surface area (Å²) in [6, 6.07) is 7.80. The normalized spacial score (nSPS) is 34.7. The number of hydrogen-bond acceptors (Lipinski definition) is 4. The summed E-state index contributed by atoms with van der Waals surface area (Å²) in [6.45, 7) is 0. The third-order valence-corrected chi connectivity index (χ3v) is 7.40. The summed E-state index contributed by atoms with van der Waals surface area (Å²) < 4.78 is 4.93. The first-order valence-electron chi connectivity index (χ1n) is 10.6. The summed E-state index contributed by atoms with van der Waals surface area (Å²) in [6.07, 6.45) is 9.95. The van der Waals surface area contributed by atoms with Crippen molar-refractivity contribution >= 4 is 29.4 Å². The molecular weight excluding hydrogens is 390 g/mol. The van der Waals surface area contributed by atoms with Gasteiger partial charge >= 0.3 is 11.9 Å². The van der Waals surface area contributed by atoms with Crippen molar-refractivity contribution in [2.24, 2.45) is 23.7 Å². The molecule has 2 heterocycles. The Morgan fingerprint density at radius 3 is 2.38 bits per heavy atom. The number of carbonyl (C=O) groups excluding carboxylic acids is 3. The monoisotopic (exact) mass is 413 g/mol. The van der Waals surface area contributed by atoms with Crippen LogP contribution < -0.4 is 0 Å². The first kappa shape index (κ1) is 18.9. The fourth-order valence-electron chi connectivity index (χ4n) is 5.77. The number of likely N-dealkylation sites (tertiary alicyclic amines) is 1. The minimum absolute atomic E-state index is 0.0966. The smallest absolute Gasteiger partial charge is 0.318 e. The second kappa shape index (κ2) is 7.28. The van der Waals surface area contributed by atoms with Gasteiger partial charge in [-0.3, -0.25) is 14.4 Å². The van der Waals surface area contributed by atoms with E-state index in [-0.39, 0.29) is 29.8 Å². The van der Waals surface area contributed by atoms with E-state index in [0.29, 0.717) is 11.4 Å². The Balaban J connectivity index is 1.51. The zero-order valence-electron chi connectivity index (χ0n) is 16.1. The van der Waals surface area contributed by atoms with Gasteiger partial charge in [0.1, 0.15) is 0 Å². The van der Waals surface area contributed by atoms with Gasteiger partial charge in [-0.2, -0.15) is 0 Å². The van der Waals surface area contributed by atoms with Crippen molar-refractivity contribution in [2.75, 3.05) is 0 Å². The Hall–Kier alpha value is -2.14. The molecule has 2 saturated heterocycles. The number of rotatable bonds is 3. The van der Waals surface area contributed by atoms with Crippen LogP contribution in [0.4, 0.5) is 0 Å². The van der Waals surface area contributed by atoms with Gasteiger partial charge in [0.25, 0.3) is 0 Å². The Morgan fingerprint density at radius 1 is 0.931 bits per heavy atom. The van der Waals surface area contributed by atoms with Crippen LogP contribution in [0.5, 0.6) is 0 Å². The summed E-state index contributed by atoms with van der Waals surface area (Å²) >= 11 is 6.09. The van der Waals surface area contributed by atoms with E-state index in [2.05, 4.69) is 0 Å². The predicted octanol–water partition coefficient (Wildman–Crippen LogP) is 4.06. The summed E-state index contributed by atoms with van der Waals surface area (Å²) in [5, 5.41) is 0.655. The fourth-order valence-corrected chi connectivity index (χ4v) is 5.90. The number of cyclic esters (lactones) is 2. The second-order valence-corrected chi connectivity index (χ2v) is 9.11. The van der Waals surface area contributed by atoms with Gasteiger partial charge in [-0.05, 0) is 37.0 Å². The van der Waals surface area contributed by atoms with Crippen LogP contribution in [-0.4, -0.2) is 28.8 Å². The number of esters is 2. The van der Waals surface area contributed by atoms with E-state index in [4.69, 9.17) is 16.3 Å². The number of benzene rings is 1. The van der Waals surface area contributed by atoms with E-state index in [1.807, 2.05) is 41.3 Å². The maximum Gasteiger partial charge on any atom is 0.318 e. The molecule has 0 radical (unpaired) electrons. The molecule has 5 rings (SSSR count). The van der Waals surface area contributed by atoms with Crippen molar-refractivity contribution < 1.29 is 19.1 Å². The highest BCUT2D eigenvalue weighted by atomic mass is 35.5. The SMILES string of the molecule is O=C1OC(=O)[C@@H]2CC=C[C@H]([C@@H]3C(=O)N(C4CCCCC4)[C@@H]3c3ccc(Cl)cc3)[C@H]12. The molecule has 1 aromatic carbocycles. The van der Waals surface area contributed by atoms with Crippen LogP contribution in [0, 0.1) is 23.7 Å². The highest BCUT2D eigenvalue weighted by molar-refractivity contribution is 6.30. The Bertz CT molecular complexity index is 873. The standard InChI is InChI=1S/C23H24ClNO4/c24-14-11-9-13(10-12-14)20-19(21(26)25(20)15-5-2-1-3-6-15)16-7-4-8-17-18(16)23(28)29-22(17)27/h4,7,9-12,15-20H,1-3,5-6,8H2/t16-,17+,18-,19-,20+/m0/s1. The van der Waals surface area contributed by atoms with Crippen LogP contribution in [0.2, 0.25) is 5.02 Å². The highest BCUT2D eigenvalue weighted by Crippen LogP contribution is 2.53. The maximum atomic E-state index is 13.4. The van der Waals surface area contributed by atoms with Gasteiger partial charge in [0.2, 0.25) is 5.91 Å².